The van der Waals surface area contributed by atoms with E-state index in [0.717, 1.165) is 22.7 Å². The minimum absolute atomic E-state index is 0.648. The van der Waals surface area contributed by atoms with Crippen molar-refractivity contribution in [3.05, 3.63) is 65.0 Å². The predicted molar refractivity (Wildman–Crippen MR) is 90.5 cm³/mol. The van der Waals surface area contributed by atoms with Crippen molar-refractivity contribution in [1.82, 2.24) is 4.98 Å². The number of hydrogen-bond acceptors (Lipinski definition) is 3. The van der Waals surface area contributed by atoms with E-state index in [1.165, 1.54) is 16.0 Å². The molecule has 0 bridgehead atoms. The van der Waals surface area contributed by atoms with Crippen LogP contribution in [0.25, 0.3) is 21.8 Å². The Kier molecular flexibility index (Phi) is 4.13. The Hall–Kier alpha value is -1.97. The third-order valence-corrected chi connectivity index (χ3v) is 4.64. The van der Waals surface area contributed by atoms with Crippen molar-refractivity contribution in [2.75, 3.05) is 6.54 Å². The molecule has 0 unspecified atom stereocenters. The zero-order valence-electron chi connectivity index (χ0n) is 12.0. The van der Waals surface area contributed by atoms with Gasteiger partial charge in [0.2, 0.25) is 0 Å². The number of rotatable bonds is 4. The van der Waals surface area contributed by atoms with Gasteiger partial charge in [0.05, 0.1) is 5.69 Å². The van der Waals surface area contributed by atoms with E-state index in [-0.39, 0.29) is 0 Å². The zero-order valence-corrected chi connectivity index (χ0v) is 12.9. The molecule has 1 aromatic heterocycles. The fraction of sp³-hybridized carbons (Fsp3) is 0.167. The lowest BCUT2D eigenvalue weighted by atomic mass is 10.1. The number of aromatic nitrogens is 1. The van der Waals surface area contributed by atoms with Gasteiger partial charge in [-0.05, 0) is 25.5 Å². The molecule has 0 aliphatic rings. The lowest BCUT2D eigenvalue weighted by Gasteiger charge is -2.00. The molecular weight excluding hydrogens is 276 g/mol. The molecule has 21 heavy (non-hydrogen) atoms. The number of nitrogens with zero attached hydrogens (tertiary/aromatic N) is 1. The molecule has 0 atom stereocenters. The van der Waals surface area contributed by atoms with Crippen molar-refractivity contribution in [2.45, 2.75) is 13.3 Å². The number of hydrogen-bond donors (Lipinski definition) is 1. The van der Waals surface area contributed by atoms with Gasteiger partial charge in [-0.15, -0.1) is 11.3 Å². The molecule has 1 heterocycles. The van der Waals surface area contributed by atoms with Gasteiger partial charge in [-0.1, -0.05) is 54.6 Å². The molecule has 0 spiro atoms. The average Bonchev–Trinajstić information content (AvgIpc) is 2.93. The van der Waals surface area contributed by atoms with Gasteiger partial charge in [-0.2, -0.15) is 0 Å². The smallest absolute Gasteiger partial charge is 0.124 e. The summed E-state index contributed by atoms with van der Waals surface area (Å²) in [7, 11) is 0. The summed E-state index contributed by atoms with van der Waals surface area (Å²) in [6.07, 6.45) is 0.869. The van der Waals surface area contributed by atoms with Crippen molar-refractivity contribution in [3.63, 3.8) is 0 Å². The average molecular weight is 294 g/mol. The molecule has 2 nitrogen and oxygen atoms in total. The molecule has 3 aromatic rings. The second-order valence-corrected chi connectivity index (χ2v) is 6.09. The van der Waals surface area contributed by atoms with Crippen LogP contribution in [0.4, 0.5) is 0 Å². The molecule has 0 saturated heterocycles. The summed E-state index contributed by atoms with van der Waals surface area (Å²) in [4.78, 5) is 6.16. The first-order valence-electron chi connectivity index (χ1n) is 7.11. The standard InChI is InChI=1S/C18H18N2S/c1-13-7-5-6-10-15(13)18-20-17(16(21-18)11-12-19)14-8-3-2-4-9-14/h2-10H,11-12,19H2,1H3. The van der Waals surface area contributed by atoms with Crippen LogP contribution in [-0.2, 0) is 6.42 Å². The highest BCUT2D eigenvalue weighted by molar-refractivity contribution is 7.15. The second kappa shape index (κ2) is 6.20. The normalized spacial score (nSPS) is 10.8. The molecule has 0 fully saturated rings. The summed E-state index contributed by atoms with van der Waals surface area (Å²) in [6.45, 7) is 2.77. The van der Waals surface area contributed by atoms with Crippen LogP contribution in [0.5, 0.6) is 0 Å². The Morgan fingerprint density at radius 3 is 2.43 bits per heavy atom. The van der Waals surface area contributed by atoms with E-state index in [2.05, 4.69) is 43.3 Å². The van der Waals surface area contributed by atoms with Crippen molar-refractivity contribution in [2.24, 2.45) is 5.73 Å². The SMILES string of the molecule is Cc1ccccc1-c1nc(-c2ccccc2)c(CCN)s1. The molecule has 3 heteroatoms. The number of thiazole rings is 1. The summed E-state index contributed by atoms with van der Waals surface area (Å²) in [5, 5.41) is 1.08. The number of aryl methyl sites for hydroxylation is 1. The van der Waals surface area contributed by atoms with Crippen LogP contribution < -0.4 is 5.73 Å². The maximum atomic E-state index is 5.76. The molecule has 0 saturated carbocycles. The number of nitrogens with two attached hydrogens (primary N) is 1. The van der Waals surface area contributed by atoms with E-state index in [1.54, 1.807) is 11.3 Å². The Morgan fingerprint density at radius 1 is 1.00 bits per heavy atom. The largest absolute Gasteiger partial charge is 0.330 e. The second-order valence-electron chi connectivity index (χ2n) is 5.01. The Bertz CT molecular complexity index is 732. The minimum Gasteiger partial charge on any atom is -0.330 e. The van der Waals surface area contributed by atoms with E-state index >= 15 is 0 Å². The fourth-order valence-corrected chi connectivity index (χ4v) is 3.59. The predicted octanol–water partition coefficient (Wildman–Crippen LogP) is 4.29. The first-order valence-corrected chi connectivity index (χ1v) is 7.92. The van der Waals surface area contributed by atoms with Crippen LogP contribution in [0.3, 0.4) is 0 Å². The molecule has 2 aromatic carbocycles. The van der Waals surface area contributed by atoms with Crippen LogP contribution >= 0.6 is 11.3 Å². The Balaban J connectivity index is 2.11. The third-order valence-electron chi connectivity index (χ3n) is 3.49. The van der Waals surface area contributed by atoms with Crippen molar-refractivity contribution in [3.8, 4) is 21.8 Å². The van der Waals surface area contributed by atoms with E-state index in [1.807, 2.05) is 18.2 Å². The van der Waals surface area contributed by atoms with Gasteiger partial charge in [0.1, 0.15) is 5.01 Å². The third kappa shape index (κ3) is 2.89. The molecule has 2 N–H and O–H groups in total. The van der Waals surface area contributed by atoms with Gasteiger partial charge >= 0.3 is 0 Å². The molecule has 106 valence electrons. The molecule has 0 aliphatic carbocycles. The van der Waals surface area contributed by atoms with Crippen LogP contribution in [0.2, 0.25) is 0 Å². The van der Waals surface area contributed by atoms with Gasteiger partial charge in [-0.25, -0.2) is 4.98 Å². The quantitative estimate of drug-likeness (QED) is 0.779. The van der Waals surface area contributed by atoms with Crippen LogP contribution in [0.15, 0.2) is 54.6 Å². The summed E-state index contributed by atoms with van der Waals surface area (Å²) in [5.41, 5.74) is 10.5. The van der Waals surface area contributed by atoms with Crippen LogP contribution in [-0.4, -0.2) is 11.5 Å². The highest BCUT2D eigenvalue weighted by Gasteiger charge is 2.14. The van der Waals surface area contributed by atoms with Crippen molar-refractivity contribution in [1.29, 1.82) is 0 Å². The zero-order chi connectivity index (χ0) is 14.7. The molecular formula is C18H18N2S. The lowest BCUT2D eigenvalue weighted by molar-refractivity contribution is 0.986. The van der Waals surface area contributed by atoms with Gasteiger partial charge in [-0.3, -0.25) is 0 Å². The highest BCUT2D eigenvalue weighted by Crippen LogP contribution is 2.35. The Morgan fingerprint density at radius 2 is 1.71 bits per heavy atom. The van der Waals surface area contributed by atoms with Gasteiger partial charge in [0, 0.05) is 16.0 Å². The topological polar surface area (TPSA) is 38.9 Å². The van der Waals surface area contributed by atoms with Crippen LogP contribution in [0, 0.1) is 6.92 Å². The summed E-state index contributed by atoms with van der Waals surface area (Å²) in [5.74, 6) is 0. The first-order chi connectivity index (χ1) is 10.3. The maximum absolute atomic E-state index is 5.76. The molecule has 0 radical (unpaired) electrons. The van der Waals surface area contributed by atoms with E-state index in [0.29, 0.717) is 6.54 Å². The van der Waals surface area contributed by atoms with Crippen molar-refractivity contribution < 1.29 is 0 Å². The van der Waals surface area contributed by atoms with Crippen molar-refractivity contribution >= 4 is 11.3 Å². The monoisotopic (exact) mass is 294 g/mol. The van der Waals surface area contributed by atoms with Gasteiger partial charge in [0.25, 0.3) is 0 Å². The fourth-order valence-electron chi connectivity index (χ4n) is 2.40. The molecule has 3 rings (SSSR count). The summed E-state index contributed by atoms with van der Waals surface area (Å²) >= 11 is 1.76. The minimum atomic E-state index is 0.648. The number of benzene rings is 2. The van der Waals surface area contributed by atoms with E-state index in [4.69, 9.17) is 10.7 Å². The first kappa shape index (κ1) is 14.0. The summed E-state index contributed by atoms with van der Waals surface area (Å²) in [6, 6.07) is 18.7. The van der Waals surface area contributed by atoms with Gasteiger partial charge in [0.15, 0.2) is 0 Å². The van der Waals surface area contributed by atoms with Gasteiger partial charge < -0.3 is 5.73 Å². The molecule has 0 amide bonds. The molecule has 0 aliphatic heterocycles. The highest BCUT2D eigenvalue weighted by atomic mass is 32.1. The lowest BCUT2D eigenvalue weighted by Crippen LogP contribution is -2.02. The van der Waals surface area contributed by atoms with E-state index in [9.17, 15) is 0 Å². The summed E-state index contributed by atoms with van der Waals surface area (Å²) < 4.78 is 0. The Labute approximate surface area is 129 Å². The maximum Gasteiger partial charge on any atom is 0.124 e. The van der Waals surface area contributed by atoms with E-state index < -0.39 is 0 Å². The van der Waals surface area contributed by atoms with Crippen LogP contribution in [0.1, 0.15) is 10.4 Å².